The second-order valence-corrected chi connectivity index (χ2v) is 6.23. The number of likely N-dealkylation sites (N-methyl/N-ethyl adjacent to an activating group) is 1. The maximum Gasteiger partial charge on any atom is 0.239 e. The summed E-state index contributed by atoms with van der Waals surface area (Å²) in [7, 11) is 1.95. The number of anilines is 1. The Morgan fingerprint density at radius 2 is 2.12 bits per heavy atom. The number of nitrogens with two attached hydrogens (primary N) is 1. The van der Waals surface area contributed by atoms with Gasteiger partial charge in [-0.3, -0.25) is 9.69 Å². The van der Waals surface area contributed by atoms with Crippen molar-refractivity contribution in [2.24, 2.45) is 5.73 Å². The number of hydrogen-bond donors (Lipinski definition) is 1. The minimum absolute atomic E-state index is 0.303. The Bertz CT molecular complexity index is 664. The van der Waals surface area contributed by atoms with E-state index in [4.69, 9.17) is 5.73 Å². The van der Waals surface area contributed by atoms with Crippen LogP contribution in [0.4, 0.5) is 5.82 Å². The average molecular weight is 325 g/mol. The summed E-state index contributed by atoms with van der Waals surface area (Å²) < 4.78 is 0. The van der Waals surface area contributed by atoms with Crippen LogP contribution in [0.15, 0.2) is 48.7 Å². The lowest BCUT2D eigenvalue weighted by atomic mass is 10.0. The molecule has 24 heavy (non-hydrogen) atoms. The van der Waals surface area contributed by atoms with Crippen LogP contribution in [-0.2, 0) is 4.79 Å². The van der Waals surface area contributed by atoms with E-state index < -0.39 is 6.04 Å². The Morgan fingerprint density at radius 3 is 2.79 bits per heavy atom. The number of aromatic nitrogens is 2. The lowest BCUT2D eigenvalue weighted by Gasteiger charge is -2.32. The maximum atomic E-state index is 12.0. The Hall–Kier alpha value is -2.47. The summed E-state index contributed by atoms with van der Waals surface area (Å²) in [4.78, 5) is 16.3. The molecule has 1 saturated heterocycles. The molecular weight excluding hydrogens is 302 g/mol. The van der Waals surface area contributed by atoms with Gasteiger partial charge in [0, 0.05) is 25.3 Å². The number of carbonyl (C=O) groups is 1. The fraction of sp³-hybridized carbons (Fsp3) is 0.389. The minimum Gasteiger partial charge on any atom is -0.368 e. The van der Waals surface area contributed by atoms with Crippen molar-refractivity contribution in [1.82, 2.24) is 15.1 Å². The fourth-order valence-corrected chi connectivity index (χ4v) is 3.48. The van der Waals surface area contributed by atoms with Gasteiger partial charge in [0.05, 0.1) is 0 Å². The molecule has 1 aliphatic rings. The van der Waals surface area contributed by atoms with E-state index in [1.165, 1.54) is 0 Å². The molecule has 0 aliphatic carbocycles. The zero-order valence-electron chi connectivity index (χ0n) is 13.9. The third-order valence-corrected chi connectivity index (χ3v) is 4.55. The van der Waals surface area contributed by atoms with Crippen molar-refractivity contribution in [2.45, 2.75) is 24.9 Å². The van der Waals surface area contributed by atoms with Crippen LogP contribution in [0, 0.1) is 0 Å². The first-order valence-corrected chi connectivity index (χ1v) is 8.25. The van der Waals surface area contributed by atoms with E-state index in [2.05, 4.69) is 15.1 Å². The second-order valence-electron chi connectivity index (χ2n) is 6.23. The van der Waals surface area contributed by atoms with Gasteiger partial charge >= 0.3 is 0 Å². The first kappa shape index (κ1) is 16.4. The van der Waals surface area contributed by atoms with Gasteiger partial charge in [0.2, 0.25) is 5.91 Å². The van der Waals surface area contributed by atoms with Crippen LogP contribution in [0.3, 0.4) is 0 Å². The van der Waals surface area contributed by atoms with Crippen LogP contribution >= 0.6 is 0 Å². The van der Waals surface area contributed by atoms with Gasteiger partial charge in [-0.05, 0) is 37.6 Å². The molecule has 6 nitrogen and oxygen atoms in total. The molecule has 2 N–H and O–H groups in total. The summed E-state index contributed by atoms with van der Waals surface area (Å²) in [5.74, 6) is 0.566. The molecule has 3 rings (SSSR count). The Labute approximate surface area is 142 Å². The van der Waals surface area contributed by atoms with Gasteiger partial charge in [0.25, 0.3) is 0 Å². The van der Waals surface area contributed by atoms with Crippen molar-refractivity contribution >= 4 is 11.7 Å². The first-order chi connectivity index (χ1) is 11.7. The van der Waals surface area contributed by atoms with E-state index in [-0.39, 0.29) is 5.91 Å². The molecule has 6 heteroatoms. The van der Waals surface area contributed by atoms with Crippen LogP contribution in [0.25, 0.3) is 0 Å². The number of rotatable bonds is 6. The smallest absolute Gasteiger partial charge is 0.239 e. The van der Waals surface area contributed by atoms with Gasteiger partial charge in [0.1, 0.15) is 6.04 Å². The number of amides is 1. The molecule has 2 atom stereocenters. The predicted molar refractivity (Wildman–Crippen MR) is 93.4 cm³/mol. The van der Waals surface area contributed by atoms with Crippen molar-refractivity contribution in [1.29, 1.82) is 0 Å². The number of primary amides is 1. The van der Waals surface area contributed by atoms with Crippen LogP contribution < -0.4 is 10.6 Å². The van der Waals surface area contributed by atoms with E-state index in [0.717, 1.165) is 37.3 Å². The quantitative estimate of drug-likeness (QED) is 0.873. The second kappa shape index (κ2) is 7.40. The lowest BCUT2D eigenvalue weighted by molar-refractivity contribution is -0.123. The highest BCUT2D eigenvalue weighted by Gasteiger charge is 2.30. The van der Waals surface area contributed by atoms with Crippen molar-refractivity contribution in [3.63, 3.8) is 0 Å². The Kier molecular flexibility index (Phi) is 5.05. The van der Waals surface area contributed by atoms with Gasteiger partial charge in [-0.25, -0.2) is 0 Å². The molecule has 1 aliphatic heterocycles. The topological polar surface area (TPSA) is 75.3 Å². The van der Waals surface area contributed by atoms with Gasteiger partial charge in [-0.1, -0.05) is 30.3 Å². The summed E-state index contributed by atoms with van der Waals surface area (Å²) in [6, 6.07) is 13.5. The number of hydrogen-bond acceptors (Lipinski definition) is 5. The molecule has 2 aromatic rings. The third-order valence-electron chi connectivity index (χ3n) is 4.55. The highest BCUT2D eigenvalue weighted by Crippen LogP contribution is 2.26. The fourth-order valence-electron chi connectivity index (χ4n) is 3.48. The van der Waals surface area contributed by atoms with Gasteiger partial charge in [-0.2, -0.15) is 5.10 Å². The van der Waals surface area contributed by atoms with Crippen LogP contribution in [-0.4, -0.2) is 47.2 Å². The lowest BCUT2D eigenvalue weighted by Crippen LogP contribution is -2.44. The maximum absolute atomic E-state index is 12.0. The molecule has 0 radical (unpaired) electrons. The van der Waals surface area contributed by atoms with Crippen LogP contribution in [0.1, 0.15) is 24.4 Å². The Morgan fingerprint density at radius 1 is 1.33 bits per heavy atom. The average Bonchev–Trinajstić information content (AvgIpc) is 3.04. The van der Waals surface area contributed by atoms with Gasteiger partial charge in [-0.15, -0.1) is 5.10 Å². The molecule has 1 aromatic heterocycles. The van der Waals surface area contributed by atoms with Crippen molar-refractivity contribution < 1.29 is 4.79 Å². The Balaban J connectivity index is 1.75. The molecule has 0 bridgehead atoms. The SMILES string of the molecule is CN(CC1CCCN1c1cccnn1)C(C(N)=O)c1ccccc1. The highest BCUT2D eigenvalue weighted by molar-refractivity contribution is 5.81. The van der Waals surface area contributed by atoms with E-state index in [9.17, 15) is 4.79 Å². The largest absolute Gasteiger partial charge is 0.368 e. The molecule has 126 valence electrons. The number of benzene rings is 1. The van der Waals surface area contributed by atoms with Gasteiger partial charge in [0.15, 0.2) is 5.82 Å². The third kappa shape index (κ3) is 3.54. The number of carbonyl (C=O) groups excluding carboxylic acids is 1. The monoisotopic (exact) mass is 325 g/mol. The summed E-state index contributed by atoms with van der Waals surface area (Å²) in [6.45, 7) is 1.71. The van der Waals surface area contributed by atoms with E-state index in [1.807, 2.05) is 54.4 Å². The zero-order valence-corrected chi connectivity index (χ0v) is 13.9. The van der Waals surface area contributed by atoms with E-state index >= 15 is 0 Å². The summed E-state index contributed by atoms with van der Waals surface area (Å²) in [5.41, 5.74) is 6.60. The molecule has 0 saturated carbocycles. The molecule has 2 unspecified atom stereocenters. The highest BCUT2D eigenvalue weighted by atomic mass is 16.1. The summed E-state index contributed by atoms with van der Waals surface area (Å²) in [5, 5.41) is 8.20. The van der Waals surface area contributed by atoms with Crippen LogP contribution in [0.5, 0.6) is 0 Å². The summed E-state index contributed by atoms with van der Waals surface area (Å²) in [6.07, 6.45) is 3.86. The molecule has 2 heterocycles. The summed E-state index contributed by atoms with van der Waals surface area (Å²) >= 11 is 0. The van der Waals surface area contributed by atoms with Crippen molar-refractivity contribution in [2.75, 3.05) is 25.0 Å². The molecule has 1 aromatic carbocycles. The standard InChI is InChI=1S/C18H23N5O/c1-22(17(18(19)24)14-7-3-2-4-8-14)13-15-9-6-12-23(15)16-10-5-11-20-21-16/h2-5,7-8,10-11,15,17H,6,9,12-13H2,1H3,(H2,19,24). The predicted octanol–water partition coefficient (Wildman–Crippen LogP) is 1.60. The molecule has 0 spiro atoms. The van der Waals surface area contributed by atoms with Gasteiger partial charge < -0.3 is 10.6 Å². The molecular formula is C18H23N5O. The van der Waals surface area contributed by atoms with Crippen LogP contribution in [0.2, 0.25) is 0 Å². The van der Waals surface area contributed by atoms with Crippen molar-refractivity contribution in [3.8, 4) is 0 Å². The van der Waals surface area contributed by atoms with Crippen molar-refractivity contribution in [3.05, 3.63) is 54.2 Å². The normalized spacial score (nSPS) is 18.8. The number of nitrogens with zero attached hydrogens (tertiary/aromatic N) is 4. The van der Waals surface area contributed by atoms with E-state index in [0.29, 0.717) is 6.04 Å². The molecule has 1 amide bonds. The molecule has 1 fully saturated rings. The van der Waals surface area contributed by atoms with E-state index in [1.54, 1.807) is 6.20 Å². The minimum atomic E-state index is -0.421. The zero-order chi connectivity index (χ0) is 16.9. The first-order valence-electron chi connectivity index (χ1n) is 8.25.